The van der Waals surface area contributed by atoms with Crippen molar-refractivity contribution in [3.05, 3.63) is 65.2 Å². The van der Waals surface area contributed by atoms with Crippen molar-refractivity contribution in [2.75, 3.05) is 12.9 Å². The monoisotopic (exact) mass is 373 g/mol. The van der Waals surface area contributed by atoms with Crippen molar-refractivity contribution in [1.82, 2.24) is 5.32 Å². The summed E-state index contributed by atoms with van der Waals surface area (Å²) in [5.74, 6) is -1.05. The Morgan fingerprint density at radius 2 is 1.77 bits per heavy atom. The van der Waals surface area contributed by atoms with Gasteiger partial charge in [0.15, 0.2) is 6.61 Å². The highest BCUT2D eigenvalue weighted by atomic mass is 32.2. The Labute approximate surface area is 156 Å². The van der Waals surface area contributed by atoms with Crippen molar-refractivity contribution in [2.45, 2.75) is 31.2 Å². The molecule has 5 nitrogen and oxygen atoms in total. The molecule has 2 aromatic rings. The van der Waals surface area contributed by atoms with E-state index in [4.69, 9.17) is 4.74 Å². The first-order valence-electron chi connectivity index (χ1n) is 8.40. The average molecular weight is 373 g/mol. The molecule has 0 bridgehead atoms. The van der Waals surface area contributed by atoms with Crippen LogP contribution in [0, 0.1) is 0 Å². The van der Waals surface area contributed by atoms with Gasteiger partial charge in [-0.2, -0.15) is 0 Å². The third-order valence-corrected chi connectivity index (χ3v) is 4.99. The second-order valence-corrected chi connectivity index (χ2v) is 7.26. The standard InChI is InChI=1S/C20H23NO4S/c1-4-15-9-11-16(12-10-15)14(2)21-19(22)13-25-20(23)17-7-5-6-8-18(17)26(3)24/h5-12,14H,4,13H2,1-3H3,(H,21,22)/t14-,26-/m1/s1. The van der Waals surface area contributed by atoms with E-state index in [1.807, 2.05) is 31.2 Å². The van der Waals surface area contributed by atoms with Gasteiger partial charge in [0.2, 0.25) is 0 Å². The fourth-order valence-electron chi connectivity index (χ4n) is 2.50. The van der Waals surface area contributed by atoms with Gasteiger partial charge in [0.1, 0.15) is 0 Å². The third-order valence-electron chi connectivity index (χ3n) is 4.02. The molecule has 0 aliphatic heterocycles. The molecule has 2 atom stereocenters. The minimum atomic E-state index is -1.31. The van der Waals surface area contributed by atoms with Crippen molar-refractivity contribution in [3.63, 3.8) is 0 Å². The lowest BCUT2D eigenvalue weighted by Gasteiger charge is -2.15. The maximum Gasteiger partial charge on any atom is 0.339 e. The van der Waals surface area contributed by atoms with Crippen molar-refractivity contribution in [2.24, 2.45) is 0 Å². The molecule has 0 fully saturated rings. The Balaban J connectivity index is 1.92. The van der Waals surface area contributed by atoms with Crippen LogP contribution >= 0.6 is 0 Å². The smallest absolute Gasteiger partial charge is 0.339 e. The second kappa shape index (κ2) is 9.29. The SMILES string of the molecule is CCc1ccc([C@@H](C)NC(=O)COC(=O)c2ccccc2[S@@](C)=O)cc1. The molecule has 0 aliphatic rings. The molecular formula is C20H23NO4S. The number of amides is 1. The van der Waals surface area contributed by atoms with Gasteiger partial charge in [-0.25, -0.2) is 4.79 Å². The summed E-state index contributed by atoms with van der Waals surface area (Å²) >= 11 is 0. The van der Waals surface area contributed by atoms with Gasteiger partial charge in [-0.05, 0) is 36.6 Å². The predicted molar refractivity (Wildman–Crippen MR) is 101 cm³/mol. The maximum absolute atomic E-state index is 12.2. The Morgan fingerprint density at radius 3 is 2.38 bits per heavy atom. The van der Waals surface area contributed by atoms with E-state index in [0.29, 0.717) is 4.90 Å². The highest BCUT2D eigenvalue weighted by Gasteiger charge is 2.17. The lowest BCUT2D eigenvalue weighted by Crippen LogP contribution is -2.31. The zero-order valence-electron chi connectivity index (χ0n) is 15.2. The van der Waals surface area contributed by atoms with Crippen molar-refractivity contribution in [3.8, 4) is 0 Å². The number of nitrogens with one attached hydrogen (secondary N) is 1. The van der Waals surface area contributed by atoms with E-state index in [0.717, 1.165) is 12.0 Å². The molecule has 26 heavy (non-hydrogen) atoms. The summed E-state index contributed by atoms with van der Waals surface area (Å²) in [4.78, 5) is 24.6. The van der Waals surface area contributed by atoms with Crippen LogP contribution in [0.15, 0.2) is 53.4 Å². The molecule has 0 spiro atoms. The fraction of sp³-hybridized carbons (Fsp3) is 0.300. The van der Waals surface area contributed by atoms with Gasteiger partial charge in [0.05, 0.1) is 27.3 Å². The van der Waals surface area contributed by atoms with Crippen LogP contribution in [0.25, 0.3) is 0 Å². The Hall–Kier alpha value is -2.47. The van der Waals surface area contributed by atoms with E-state index in [9.17, 15) is 13.8 Å². The molecule has 0 aromatic heterocycles. The van der Waals surface area contributed by atoms with E-state index in [1.165, 1.54) is 17.9 Å². The Morgan fingerprint density at radius 1 is 1.12 bits per heavy atom. The van der Waals surface area contributed by atoms with Gasteiger partial charge in [-0.15, -0.1) is 0 Å². The van der Waals surface area contributed by atoms with Crippen LogP contribution in [0.2, 0.25) is 0 Å². The molecule has 1 N–H and O–H groups in total. The number of carbonyl (C=O) groups is 2. The van der Waals surface area contributed by atoms with Gasteiger partial charge >= 0.3 is 5.97 Å². The second-order valence-electron chi connectivity index (χ2n) is 5.91. The molecule has 2 rings (SSSR count). The van der Waals surface area contributed by atoms with Crippen LogP contribution < -0.4 is 5.32 Å². The number of hydrogen-bond acceptors (Lipinski definition) is 4. The Kier molecular flexibility index (Phi) is 7.09. The van der Waals surface area contributed by atoms with Crippen molar-refractivity contribution in [1.29, 1.82) is 0 Å². The van der Waals surface area contributed by atoms with Crippen molar-refractivity contribution < 1.29 is 18.5 Å². The number of ether oxygens (including phenoxy) is 1. The highest BCUT2D eigenvalue weighted by molar-refractivity contribution is 7.84. The van der Waals surface area contributed by atoms with Gasteiger partial charge in [-0.3, -0.25) is 9.00 Å². The summed E-state index contributed by atoms with van der Waals surface area (Å²) < 4.78 is 16.7. The van der Waals surface area contributed by atoms with Crippen LogP contribution in [0.3, 0.4) is 0 Å². The average Bonchev–Trinajstić information content (AvgIpc) is 2.66. The van der Waals surface area contributed by atoms with Gasteiger partial charge in [0.25, 0.3) is 5.91 Å². The quantitative estimate of drug-likeness (QED) is 0.757. The first kappa shape index (κ1) is 19.8. The van der Waals surface area contributed by atoms with Gasteiger partial charge in [-0.1, -0.05) is 43.3 Å². The van der Waals surface area contributed by atoms with Crippen molar-refractivity contribution >= 4 is 22.7 Å². The first-order chi connectivity index (χ1) is 12.4. The zero-order valence-corrected chi connectivity index (χ0v) is 16.0. The normalized spacial score (nSPS) is 12.9. The minimum Gasteiger partial charge on any atom is -0.452 e. The molecule has 2 aromatic carbocycles. The number of esters is 1. The molecule has 0 heterocycles. The minimum absolute atomic E-state index is 0.192. The van der Waals surface area contributed by atoms with E-state index in [2.05, 4.69) is 12.2 Å². The van der Waals surface area contributed by atoms with E-state index in [-0.39, 0.29) is 24.1 Å². The summed E-state index contributed by atoms with van der Waals surface area (Å²) in [6.07, 6.45) is 2.45. The molecule has 6 heteroatoms. The third kappa shape index (κ3) is 5.26. The number of rotatable bonds is 7. The van der Waals surface area contributed by atoms with Crippen LogP contribution in [-0.2, 0) is 26.8 Å². The molecule has 0 unspecified atom stereocenters. The fourth-order valence-corrected chi connectivity index (χ4v) is 3.23. The molecule has 138 valence electrons. The molecule has 0 saturated heterocycles. The number of benzene rings is 2. The molecular weight excluding hydrogens is 350 g/mol. The van der Waals surface area contributed by atoms with E-state index < -0.39 is 16.8 Å². The number of hydrogen-bond donors (Lipinski definition) is 1. The molecule has 0 radical (unpaired) electrons. The number of aryl methyl sites for hydroxylation is 1. The zero-order chi connectivity index (χ0) is 19.1. The Bertz CT molecular complexity index is 802. The predicted octanol–water partition coefficient (Wildman–Crippen LogP) is 3.02. The lowest BCUT2D eigenvalue weighted by molar-refractivity contribution is -0.124. The summed E-state index contributed by atoms with van der Waals surface area (Å²) in [6, 6.07) is 14.3. The van der Waals surface area contributed by atoms with Gasteiger partial charge < -0.3 is 10.1 Å². The lowest BCUT2D eigenvalue weighted by atomic mass is 10.1. The largest absolute Gasteiger partial charge is 0.452 e. The van der Waals surface area contributed by atoms with Crippen LogP contribution in [-0.4, -0.2) is 28.9 Å². The van der Waals surface area contributed by atoms with Crippen LogP contribution in [0.5, 0.6) is 0 Å². The van der Waals surface area contributed by atoms with E-state index >= 15 is 0 Å². The topological polar surface area (TPSA) is 72.5 Å². The summed E-state index contributed by atoms with van der Waals surface area (Å²) in [6.45, 7) is 3.57. The first-order valence-corrected chi connectivity index (χ1v) is 9.96. The summed E-state index contributed by atoms with van der Waals surface area (Å²) in [7, 11) is -1.31. The summed E-state index contributed by atoms with van der Waals surface area (Å²) in [5.41, 5.74) is 2.42. The summed E-state index contributed by atoms with van der Waals surface area (Å²) in [5, 5.41) is 2.80. The van der Waals surface area contributed by atoms with Gasteiger partial charge in [0, 0.05) is 6.26 Å². The van der Waals surface area contributed by atoms with Crippen LogP contribution in [0.4, 0.5) is 0 Å². The van der Waals surface area contributed by atoms with Crippen LogP contribution in [0.1, 0.15) is 41.4 Å². The molecule has 1 amide bonds. The number of carbonyl (C=O) groups excluding carboxylic acids is 2. The maximum atomic E-state index is 12.2. The molecule has 0 saturated carbocycles. The highest BCUT2D eigenvalue weighted by Crippen LogP contribution is 2.15. The van der Waals surface area contributed by atoms with E-state index in [1.54, 1.807) is 18.2 Å². The molecule has 0 aliphatic carbocycles.